The summed E-state index contributed by atoms with van der Waals surface area (Å²) in [5, 5.41) is 15.8. The lowest BCUT2D eigenvalue weighted by atomic mass is 10.0. The number of aryl methyl sites for hydroxylation is 1. The summed E-state index contributed by atoms with van der Waals surface area (Å²) < 4.78 is 0. The third-order valence-electron chi connectivity index (χ3n) is 4.22. The Balaban J connectivity index is 1.66. The van der Waals surface area contributed by atoms with Gasteiger partial charge < -0.3 is 15.7 Å². The molecule has 2 aliphatic rings. The van der Waals surface area contributed by atoms with Crippen LogP contribution in [0, 0.1) is 5.92 Å². The van der Waals surface area contributed by atoms with Crippen molar-refractivity contribution in [2.75, 3.05) is 19.6 Å². The minimum atomic E-state index is -0.346. The van der Waals surface area contributed by atoms with Crippen molar-refractivity contribution in [3.05, 3.63) is 34.9 Å². The van der Waals surface area contributed by atoms with Crippen molar-refractivity contribution in [3.8, 4) is 0 Å². The molecule has 2 unspecified atom stereocenters. The van der Waals surface area contributed by atoms with Crippen LogP contribution in [0.2, 0.25) is 0 Å². The van der Waals surface area contributed by atoms with Gasteiger partial charge in [0.05, 0.1) is 6.10 Å². The van der Waals surface area contributed by atoms with Crippen molar-refractivity contribution < 1.29 is 9.90 Å². The molecule has 2 atom stereocenters. The molecule has 0 aromatic heterocycles. The standard InChI is InChI=1S/C15H20N2O2/c18-14-9-16-7-11(14)8-17-15(19)13-6-2-4-10-3-1-5-12(10)13/h2,4,6,11,14,16,18H,1,3,5,7-9H2,(H,17,19). The second kappa shape index (κ2) is 5.31. The largest absolute Gasteiger partial charge is 0.391 e. The summed E-state index contributed by atoms with van der Waals surface area (Å²) in [4.78, 5) is 12.3. The van der Waals surface area contributed by atoms with Crippen LogP contribution in [0.3, 0.4) is 0 Å². The van der Waals surface area contributed by atoms with Gasteiger partial charge in [-0.15, -0.1) is 0 Å². The number of hydrogen-bond donors (Lipinski definition) is 3. The molecule has 0 saturated carbocycles. The Hall–Kier alpha value is -1.39. The van der Waals surface area contributed by atoms with Crippen LogP contribution in [-0.4, -0.2) is 36.8 Å². The highest BCUT2D eigenvalue weighted by Crippen LogP contribution is 2.25. The number of rotatable bonds is 3. The van der Waals surface area contributed by atoms with E-state index in [1.54, 1.807) is 0 Å². The molecule has 1 aliphatic heterocycles. The first-order valence-corrected chi connectivity index (χ1v) is 7.03. The van der Waals surface area contributed by atoms with Crippen LogP contribution in [0.25, 0.3) is 0 Å². The van der Waals surface area contributed by atoms with Crippen molar-refractivity contribution in [1.82, 2.24) is 10.6 Å². The summed E-state index contributed by atoms with van der Waals surface area (Å²) in [5.41, 5.74) is 3.34. The number of carbonyl (C=O) groups is 1. The maximum Gasteiger partial charge on any atom is 0.251 e. The minimum absolute atomic E-state index is 0.00199. The van der Waals surface area contributed by atoms with E-state index in [9.17, 15) is 9.90 Å². The molecule has 1 heterocycles. The molecular weight excluding hydrogens is 240 g/mol. The van der Waals surface area contributed by atoms with Gasteiger partial charge in [0.2, 0.25) is 0 Å². The predicted molar refractivity (Wildman–Crippen MR) is 73.2 cm³/mol. The Morgan fingerprint density at radius 2 is 2.26 bits per heavy atom. The van der Waals surface area contributed by atoms with E-state index in [4.69, 9.17) is 0 Å². The summed E-state index contributed by atoms with van der Waals surface area (Å²) >= 11 is 0. The maximum atomic E-state index is 12.3. The smallest absolute Gasteiger partial charge is 0.251 e. The number of aliphatic hydroxyl groups is 1. The Morgan fingerprint density at radius 1 is 1.37 bits per heavy atom. The van der Waals surface area contributed by atoms with E-state index < -0.39 is 0 Å². The monoisotopic (exact) mass is 260 g/mol. The number of β-amino-alcohol motifs (C(OH)–C–C–N with tert-alkyl or cyclic N) is 1. The fourth-order valence-corrected chi connectivity index (χ4v) is 3.08. The number of hydrogen-bond acceptors (Lipinski definition) is 3. The third-order valence-corrected chi connectivity index (χ3v) is 4.22. The second-order valence-electron chi connectivity index (χ2n) is 5.49. The van der Waals surface area contributed by atoms with E-state index in [0.717, 1.165) is 31.4 Å². The van der Waals surface area contributed by atoms with Gasteiger partial charge in [-0.3, -0.25) is 4.79 Å². The highest BCUT2D eigenvalue weighted by molar-refractivity contribution is 5.96. The highest BCUT2D eigenvalue weighted by atomic mass is 16.3. The van der Waals surface area contributed by atoms with Crippen molar-refractivity contribution >= 4 is 5.91 Å². The van der Waals surface area contributed by atoms with Gasteiger partial charge in [-0.2, -0.15) is 0 Å². The van der Waals surface area contributed by atoms with Crippen LogP contribution in [0.5, 0.6) is 0 Å². The lowest BCUT2D eigenvalue weighted by molar-refractivity contribution is 0.0926. The number of aliphatic hydroxyl groups excluding tert-OH is 1. The zero-order chi connectivity index (χ0) is 13.2. The van der Waals surface area contributed by atoms with E-state index >= 15 is 0 Å². The van der Waals surface area contributed by atoms with Gasteiger partial charge in [0.15, 0.2) is 0 Å². The quantitative estimate of drug-likeness (QED) is 0.741. The molecule has 1 saturated heterocycles. The normalized spacial score (nSPS) is 25.3. The van der Waals surface area contributed by atoms with Crippen molar-refractivity contribution in [1.29, 1.82) is 0 Å². The van der Waals surface area contributed by atoms with Crippen LogP contribution < -0.4 is 10.6 Å². The minimum Gasteiger partial charge on any atom is -0.391 e. The first-order chi connectivity index (χ1) is 9.25. The molecule has 3 rings (SSSR count). The molecule has 0 bridgehead atoms. The molecule has 1 fully saturated rings. The van der Waals surface area contributed by atoms with Gasteiger partial charge in [-0.25, -0.2) is 0 Å². The molecular formula is C15H20N2O2. The molecule has 3 N–H and O–H groups in total. The molecule has 1 aromatic carbocycles. The van der Waals surface area contributed by atoms with Crippen molar-refractivity contribution in [2.24, 2.45) is 5.92 Å². The van der Waals surface area contributed by atoms with Gasteiger partial charge >= 0.3 is 0 Å². The summed E-state index contributed by atoms with van der Waals surface area (Å²) in [6.07, 6.45) is 2.89. The summed E-state index contributed by atoms with van der Waals surface area (Å²) in [6.45, 7) is 1.94. The van der Waals surface area contributed by atoms with Gasteiger partial charge in [0.25, 0.3) is 5.91 Å². The highest BCUT2D eigenvalue weighted by Gasteiger charge is 2.26. The van der Waals surface area contributed by atoms with Crippen molar-refractivity contribution in [2.45, 2.75) is 25.4 Å². The van der Waals surface area contributed by atoms with E-state index in [-0.39, 0.29) is 17.9 Å². The molecule has 4 heteroatoms. The first-order valence-electron chi connectivity index (χ1n) is 7.03. The number of nitrogens with one attached hydrogen (secondary N) is 2. The van der Waals surface area contributed by atoms with Crippen LogP contribution in [0.15, 0.2) is 18.2 Å². The van der Waals surface area contributed by atoms with E-state index in [0.29, 0.717) is 13.1 Å². The average Bonchev–Trinajstić information content (AvgIpc) is 3.04. The fourth-order valence-electron chi connectivity index (χ4n) is 3.08. The lowest BCUT2D eigenvalue weighted by Crippen LogP contribution is -2.34. The number of amides is 1. The molecule has 4 nitrogen and oxygen atoms in total. The molecule has 19 heavy (non-hydrogen) atoms. The van der Waals surface area contributed by atoms with Crippen molar-refractivity contribution in [3.63, 3.8) is 0 Å². The SMILES string of the molecule is O=C(NCC1CNCC1O)c1cccc2c1CCC2. The average molecular weight is 260 g/mol. The van der Waals surface area contributed by atoms with Gasteiger partial charge in [0, 0.05) is 31.1 Å². The fraction of sp³-hybridized carbons (Fsp3) is 0.533. The van der Waals surface area contributed by atoms with Gasteiger partial charge in [-0.05, 0) is 36.5 Å². The lowest BCUT2D eigenvalue weighted by Gasteiger charge is -2.15. The molecule has 1 aliphatic carbocycles. The molecule has 1 aromatic rings. The second-order valence-corrected chi connectivity index (χ2v) is 5.49. The summed E-state index contributed by atoms with van der Waals surface area (Å²) in [6, 6.07) is 5.98. The first kappa shape index (κ1) is 12.6. The number of carbonyl (C=O) groups excluding carboxylic acids is 1. The molecule has 0 spiro atoms. The summed E-state index contributed by atoms with van der Waals surface area (Å²) in [5.74, 6) is 0.124. The number of benzene rings is 1. The Labute approximate surface area is 113 Å². The van der Waals surface area contributed by atoms with Crippen LogP contribution >= 0.6 is 0 Å². The zero-order valence-corrected chi connectivity index (χ0v) is 11.0. The molecule has 102 valence electrons. The zero-order valence-electron chi connectivity index (χ0n) is 11.0. The van der Waals surface area contributed by atoms with E-state index in [1.807, 2.05) is 12.1 Å². The molecule has 0 radical (unpaired) electrons. The van der Waals surface area contributed by atoms with Gasteiger partial charge in [0.1, 0.15) is 0 Å². The van der Waals surface area contributed by atoms with Gasteiger partial charge in [-0.1, -0.05) is 12.1 Å². The number of fused-ring (bicyclic) bond motifs is 1. The van der Waals surface area contributed by atoms with Crippen LogP contribution in [0.4, 0.5) is 0 Å². The van der Waals surface area contributed by atoms with E-state index in [2.05, 4.69) is 16.7 Å². The maximum absolute atomic E-state index is 12.3. The molecule has 1 amide bonds. The van der Waals surface area contributed by atoms with E-state index in [1.165, 1.54) is 11.1 Å². The van der Waals surface area contributed by atoms with Crippen LogP contribution in [0.1, 0.15) is 27.9 Å². The Kier molecular flexibility index (Phi) is 3.53. The Morgan fingerprint density at radius 3 is 3.05 bits per heavy atom. The summed E-state index contributed by atoms with van der Waals surface area (Å²) in [7, 11) is 0. The Bertz CT molecular complexity index is 487. The van der Waals surface area contributed by atoms with Crippen LogP contribution in [-0.2, 0) is 12.8 Å². The predicted octanol–water partition coefficient (Wildman–Crippen LogP) is 0.485. The third kappa shape index (κ3) is 2.51. The topological polar surface area (TPSA) is 61.4 Å².